The van der Waals surface area contributed by atoms with E-state index in [1.54, 1.807) is 0 Å². The van der Waals surface area contributed by atoms with Crippen LogP contribution in [-0.2, 0) is 0 Å². The van der Waals surface area contributed by atoms with E-state index >= 15 is 0 Å². The second-order valence-corrected chi connectivity index (χ2v) is 13.6. The van der Waals surface area contributed by atoms with Crippen molar-refractivity contribution in [3.8, 4) is 0 Å². The van der Waals surface area contributed by atoms with Gasteiger partial charge in [-0.3, -0.25) is 0 Å². The molecule has 0 spiro atoms. The third kappa shape index (κ3) is 5.15. The molecule has 0 aromatic heterocycles. The van der Waals surface area contributed by atoms with Crippen LogP contribution in [0, 0.1) is 41.5 Å². The molecule has 0 aliphatic heterocycles. The number of anilines is 6. The predicted octanol–water partition coefficient (Wildman–Crippen LogP) is 13.4. The van der Waals surface area contributed by atoms with Gasteiger partial charge in [-0.1, -0.05) is 72.8 Å². The van der Waals surface area contributed by atoms with Gasteiger partial charge in [-0.25, -0.2) is 0 Å². The molecule has 0 bridgehead atoms. The molecule has 0 fully saturated rings. The van der Waals surface area contributed by atoms with Crippen molar-refractivity contribution in [2.24, 2.45) is 0 Å². The lowest BCUT2D eigenvalue weighted by atomic mass is 9.91. The van der Waals surface area contributed by atoms with Crippen LogP contribution in [0.3, 0.4) is 0 Å². The van der Waals surface area contributed by atoms with E-state index in [-0.39, 0.29) is 0 Å². The molecule has 0 saturated carbocycles. The van der Waals surface area contributed by atoms with Gasteiger partial charge < -0.3 is 9.80 Å². The molecule has 2 nitrogen and oxygen atoms in total. The zero-order valence-electron chi connectivity index (χ0n) is 28.6. The number of benzene rings is 8. The van der Waals surface area contributed by atoms with Gasteiger partial charge in [0.15, 0.2) is 0 Å². The van der Waals surface area contributed by atoms with E-state index in [0.717, 1.165) is 11.4 Å². The Balaban J connectivity index is 1.43. The minimum absolute atomic E-state index is 1.16. The number of nitrogens with zero attached hydrogens (tertiary/aromatic N) is 2. The van der Waals surface area contributed by atoms with Crippen molar-refractivity contribution in [2.45, 2.75) is 41.5 Å². The highest BCUT2D eigenvalue weighted by Gasteiger charge is 2.22. The molecule has 0 unspecified atom stereocenters. The van der Waals surface area contributed by atoms with Crippen molar-refractivity contribution in [1.82, 2.24) is 0 Å². The Morgan fingerprint density at radius 3 is 1.04 bits per heavy atom. The van der Waals surface area contributed by atoms with Crippen LogP contribution < -0.4 is 9.80 Å². The SMILES string of the molecule is Cc1cccc(N(c2cc(C)cc(C)c2)c2ccc3ccc4c(N(c5cccc(C)c5)c5cc(C)cc(C)c5)ccc5ccc2c3c54)c1. The highest BCUT2D eigenvalue weighted by atomic mass is 15.1. The summed E-state index contributed by atoms with van der Waals surface area (Å²) in [6.07, 6.45) is 0. The molecule has 0 heterocycles. The van der Waals surface area contributed by atoms with Crippen molar-refractivity contribution in [3.63, 3.8) is 0 Å². The normalized spacial score (nSPS) is 11.5. The maximum Gasteiger partial charge on any atom is 0.0540 e. The first-order valence-corrected chi connectivity index (χ1v) is 16.8. The van der Waals surface area contributed by atoms with Gasteiger partial charge in [-0.15, -0.1) is 0 Å². The van der Waals surface area contributed by atoms with Crippen molar-refractivity contribution in [2.75, 3.05) is 9.80 Å². The van der Waals surface area contributed by atoms with Gasteiger partial charge >= 0.3 is 0 Å². The number of rotatable bonds is 6. The van der Waals surface area contributed by atoms with Gasteiger partial charge in [0.1, 0.15) is 0 Å². The fraction of sp³-hybridized carbons (Fsp3) is 0.130. The van der Waals surface area contributed by atoms with Crippen LogP contribution in [0.2, 0.25) is 0 Å². The fourth-order valence-electron chi connectivity index (χ4n) is 7.71. The lowest BCUT2D eigenvalue weighted by Gasteiger charge is -2.30. The van der Waals surface area contributed by atoms with E-state index in [9.17, 15) is 0 Å². The molecule has 0 aliphatic rings. The van der Waals surface area contributed by atoms with Crippen LogP contribution in [0.25, 0.3) is 32.3 Å². The molecular weight excluding hydrogens is 581 g/mol. The Morgan fingerprint density at radius 2 is 0.667 bits per heavy atom. The van der Waals surface area contributed by atoms with Crippen LogP contribution in [0.1, 0.15) is 33.4 Å². The maximum absolute atomic E-state index is 2.44. The first-order chi connectivity index (χ1) is 23.2. The van der Waals surface area contributed by atoms with Crippen molar-refractivity contribution in [3.05, 3.63) is 167 Å². The van der Waals surface area contributed by atoms with Crippen molar-refractivity contribution in [1.29, 1.82) is 0 Å². The van der Waals surface area contributed by atoms with Gasteiger partial charge in [-0.05, 0) is 157 Å². The Bertz CT molecular complexity index is 2270. The molecule has 8 rings (SSSR count). The maximum atomic E-state index is 2.44. The van der Waals surface area contributed by atoms with Gasteiger partial charge in [0.2, 0.25) is 0 Å². The predicted molar refractivity (Wildman–Crippen MR) is 208 cm³/mol. The zero-order chi connectivity index (χ0) is 33.1. The monoisotopic (exact) mass is 620 g/mol. The number of hydrogen-bond acceptors (Lipinski definition) is 2. The summed E-state index contributed by atoms with van der Waals surface area (Å²) >= 11 is 0. The highest BCUT2D eigenvalue weighted by molar-refractivity contribution is 6.28. The molecule has 8 aromatic carbocycles. The Morgan fingerprint density at radius 1 is 0.312 bits per heavy atom. The smallest absolute Gasteiger partial charge is 0.0540 e. The lowest BCUT2D eigenvalue weighted by molar-refractivity contribution is 1.25. The van der Waals surface area contributed by atoms with E-state index in [0.29, 0.717) is 0 Å². The summed E-state index contributed by atoms with van der Waals surface area (Å²) in [7, 11) is 0. The van der Waals surface area contributed by atoms with Gasteiger partial charge in [0.25, 0.3) is 0 Å². The zero-order valence-corrected chi connectivity index (χ0v) is 28.6. The Labute approximate surface area is 283 Å². The van der Waals surface area contributed by atoms with E-state index in [2.05, 4.69) is 185 Å². The van der Waals surface area contributed by atoms with E-state index in [1.165, 1.54) is 88.4 Å². The summed E-state index contributed by atoms with van der Waals surface area (Å²) in [4.78, 5) is 4.88. The minimum Gasteiger partial charge on any atom is -0.310 e. The molecule has 0 amide bonds. The fourth-order valence-corrected chi connectivity index (χ4v) is 7.71. The van der Waals surface area contributed by atoms with Crippen molar-refractivity contribution >= 4 is 66.4 Å². The van der Waals surface area contributed by atoms with Gasteiger partial charge in [0, 0.05) is 33.5 Å². The molecule has 0 aliphatic carbocycles. The summed E-state index contributed by atoms with van der Waals surface area (Å²) in [6, 6.07) is 49.9. The van der Waals surface area contributed by atoms with Crippen LogP contribution in [-0.4, -0.2) is 0 Å². The molecule has 234 valence electrons. The highest BCUT2D eigenvalue weighted by Crippen LogP contribution is 2.47. The standard InChI is InChI=1S/C46H40N2/c1-29-9-7-11-37(23-29)47(39-25-31(3)21-32(4)26-39)43-19-15-35-14-18-42-44(20-16-36-13-17-41(43)45(35)46(36)42)48(38-12-8-10-30(2)24-38)40-27-33(5)22-34(6)28-40/h7-28H,1-6H3. The molecule has 8 aromatic rings. The van der Waals surface area contributed by atoms with E-state index in [1.807, 2.05) is 0 Å². The lowest BCUT2D eigenvalue weighted by Crippen LogP contribution is -2.12. The van der Waals surface area contributed by atoms with Crippen LogP contribution in [0.5, 0.6) is 0 Å². The first-order valence-electron chi connectivity index (χ1n) is 16.8. The molecule has 0 saturated heterocycles. The van der Waals surface area contributed by atoms with Crippen molar-refractivity contribution < 1.29 is 0 Å². The number of hydrogen-bond donors (Lipinski definition) is 0. The van der Waals surface area contributed by atoms with E-state index < -0.39 is 0 Å². The molecule has 0 atom stereocenters. The molecule has 0 N–H and O–H groups in total. The average Bonchev–Trinajstić information content (AvgIpc) is 3.04. The number of aryl methyl sites for hydroxylation is 6. The first kappa shape index (κ1) is 29.8. The van der Waals surface area contributed by atoms with Crippen LogP contribution in [0.15, 0.2) is 133 Å². The quantitative estimate of drug-likeness (QED) is 0.171. The molecule has 0 radical (unpaired) electrons. The molecule has 2 heteroatoms. The largest absolute Gasteiger partial charge is 0.310 e. The topological polar surface area (TPSA) is 6.48 Å². The van der Waals surface area contributed by atoms with E-state index in [4.69, 9.17) is 0 Å². The van der Waals surface area contributed by atoms with Crippen LogP contribution in [0.4, 0.5) is 34.1 Å². The third-order valence-electron chi connectivity index (χ3n) is 9.55. The Kier molecular flexibility index (Phi) is 7.18. The van der Waals surface area contributed by atoms with Crippen LogP contribution >= 0.6 is 0 Å². The molecule has 48 heavy (non-hydrogen) atoms. The van der Waals surface area contributed by atoms with Gasteiger partial charge in [0.05, 0.1) is 11.4 Å². The average molecular weight is 621 g/mol. The minimum atomic E-state index is 1.16. The third-order valence-corrected chi connectivity index (χ3v) is 9.55. The summed E-state index contributed by atoms with van der Waals surface area (Å²) < 4.78 is 0. The second kappa shape index (κ2) is 11.6. The summed E-state index contributed by atoms with van der Waals surface area (Å²) in [6.45, 7) is 13.1. The molecular formula is C46H40N2. The van der Waals surface area contributed by atoms with Gasteiger partial charge in [-0.2, -0.15) is 0 Å². The summed E-state index contributed by atoms with van der Waals surface area (Å²) in [5.41, 5.74) is 14.6. The second-order valence-electron chi connectivity index (χ2n) is 13.6. The summed E-state index contributed by atoms with van der Waals surface area (Å²) in [5, 5.41) is 7.60. The Hall–Kier alpha value is -5.60. The summed E-state index contributed by atoms with van der Waals surface area (Å²) in [5.74, 6) is 0.